The molecule has 0 aliphatic rings. The highest BCUT2D eigenvalue weighted by atomic mass is 32.2. The molecule has 0 spiro atoms. The second kappa shape index (κ2) is 7.10. The topological polar surface area (TPSA) is 55.4 Å². The number of ether oxygens (including phenoxy) is 1. The Morgan fingerprint density at radius 2 is 1.96 bits per heavy atom. The molecule has 0 bridgehead atoms. The van der Waals surface area contributed by atoms with Gasteiger partial charge in [-0.15, -0.1) is 0 Å². The van der Waals surface area contributed by atoms with E-state index in [1.165, 1.54) is 12.1 Å². The summed E-state index contributed by atoms with van der Waals surface area (Å²) in [4.78, 5) is 0.0939. The van der Waals surface area contributed by atoms with Gasteiger partial charge in [0, 0.05) is 6.04 Å². The molecule has 0 aromatic heterocycles. The fourth-order valence-corrected chi connectivity index (χ4v) is 3.91. The first-order valence-electron chi connectivity index (χ1n) is 7.23. The zero-order chi connectivity index (χ0) is 17.0. The summed E-state index contributed by atoms with van der Waals surface area (Å²) in [5, 5.41) is 0. The van der Waals surface area contributed by atoms with Crippen molar-refractivity contribution in [1.82, 2.24) is 4.72 Å². The molecule has 1 N–H and O–H groups in total. The van der Waals surface area contributed by atoms with Crippen molar-refractivity contribution < 1.29 is 17.5 Å². The Hall–Kier alpha value is -1.92. The van der Waals surface area contributed by atoms with Crippen LogP contribution in [0.5, 0.6) is 5.75 Å². The fourth-order valence-electron chi connectivity index (χ4n) is 2.44. The van der Waals surface area contributed by atoms with Crippen molar-refractivity contribution in [2.45, 2.75) is 31.2 Å². The van der Waals surface area contributed by atoms with Gasteiger partial charge in [0.1, 0.15) is 11.6 Å². The number of benzene rings is 2. The molecule has 6 heteroatoms. The number of sulfonamides is 1. The normalized spacial score (nSPS) is 12.9. The molecule has 0 radical (unpaired) electrons. The van der Waals surface area contributed by atoms with Crippen LogP contribution >= 0.6 is 0 Å². The van der Waals surface area contributed by atoms with Crippen molar-refractivity contribution in [2.24, 2.45) is 0 Å². The average Bonchev–Trinajstić information content (AvgIpc) is 2.46. The lowest BCUT2D eigenvalue weighted by Gasteiger charge is -2.16. The molecule has 0 amide bonds. The highest BCUT2D eigenvalue weighted by Crippen LogP contribution is 2.18. The molecule has 0 saturated carbocycles. The molecule has 1 atom stereocenters. The lowest BCUT2D eigenvalue weighted by atomic mass is 10.1. The molecule has 1 unspecified atom stereocenters. The number of aryl methyl sites for hydroxylation is 1. The smallest absolute Gasteiger partial charge is 0.241 e. The zero-order valence-electron chi connectivity index (χ0n) is 13.3. The van der Waals surface area contributed by atoms with Gasteiger partial charge in [-0.25, -0.2) is 17.5 Å². The Morgan fingerprint density at radius 3 is 2.61 bits per heavy atom. The van der Waals surface area contributed by atoms with Crippen LogP contribution in [0.2, 0.25) is 0 Å². The fraction of sp³-hybridized carbons (Fsp3) is 0.294. The van der Waals surface area contributed by atoms with Crippen molar-refractivity contribution >= 4 is 10.0 Å². The van der Waals surface area contributed by atoms with E-state index < -0.39 is 15.8 Å². The summed E-state index contributed by atoms with van der Waals surface area (Å²) in [6.45, 7) is 3.36. The van der Waals surface area contributed by atoms with Gasteiger partial charge in [0.05, 0.1) is 12.0 Å². The number of halogens is 1. The van der Waals surface area contributed by atoms with Crippen LogP contribution in [0.4, 0.5) is 4.39 Å². The predicted octanol–water partition coefficient (Wildman–Crippen LogP) is 3.05. The maximum atomic E-state index is 13.1. The number of methoxy groups -OCH3 is 1. The minimum absolute atomic E-state index is 0.0939. The largest absolute Gasteiger partial charge is 0.497 e. The second-order valence-corrected chi connectivity index (χ2v) is 7.17. The molecular formula is C17H20FNO3S. The van der Waals surface area contributed by atoms with Crippen molar-refractivity contribution in [3.63, 3.8) is 0 Å². The van der Waals surface area contributed by atoms with Gasteiger partial charge in [-0.3, -0.25) is 0 Å². The lowest BCUT2D eigenvalue weighted by Crippen LogP contribution is -2.34. The maximum absolute atomic E-state index is 13.1. The minimum atomic E-state index is -3.69. The summed E-state index contributed by atoms with van der Waals surface area (Å²) in [6, 6.07) is 10.8. The second-order valence-electron chi connectivity index (χ2n) is 5.49. The SMILES string of the molecule is COc1cccc(CC(C)NS(=O)(=O)c2ccc(F)cc2C)c1. The number of hydrogen-bond donors (Lipinski definition) is 1. The highest BCUT2D eigenvalue weighted by molar-refractivity contribution is 7.89. The van der Waals surface area contributed by atoms with E-state index in [2.05, 4.69) is 4.72 Å². The first-order valence-corrected chi connectivity index (χ1v) is 8.71. The predicted molar refractivity (Wildman–Crippen MR) is 87.6 cm³/mol. The van der Waals surface area contributed by atoms with Crippen LogP contribution < -0.4 is 9.46 Å². The molecular weight excluding hydrogens is 317 g/mol. The van der Waals surface area contributed by atoms with E-state index in [0.717, 1.165) is 17.4 Å². The molecule has 2 aromatic rings. The molecule has 0 fully saturated rings. The van der Waals surface area contributed by atoms with E-state index in [-0.39, 0.29) is 10.9 Å². The Balaban J connectivity index is 2.13. The van der Waals surface area contributed by atoms with Gasteiger partial charge in [-0.1, -0.05) is 12.1 Å². The quantitative estimate of drug-likeness (QED) is 0.881. The molecule has 23 heavy (non-hydrogen) atoms. The van der Waals surface area contributed by atoms with Crippen LogP contribution in [0.25, 0.3) is 0 Å². The summed E-state index contributed by atoms with van der Waals surface area (Å²) in [5.41, 5.74) is 1.35. The van der Waals surface area contributed by atoms with Crippen molar-refractivity contribution in [1.29, 1.82) is 0 Å². The van der Waals surface area contributed by atoms with E-state index in [0.29, 0.717) is 12.0 Å². The van der Waals surface area contributed by atoms with E-state index in [1.54, 1.807) is 21.0 Å². The maximum Gasteiger partial charge on any atom is 0.241 e. The minimum Gasteiger partial charge on any atom is -0.497 e. The van der Waals surface area contributed by atoms with Gasteiger partial charge in [0.2, 0.25) is 10.0 Å². The number of nitrogens with one attached hydrogen (secondary N) is 1. The summed E-state index contributed by atoms with van der Waals surface area (Å²) >= 11 is 0. The van der Waals surface area contributed by atoms with Gasteiger partial charge >= 0.3 is 0 Å². The average molecular weight is 337 g/mol. The van der Waals surface area contributed by atoms with Gasteiger partial charge in [0.25, 0.3) is 0 Å². The van der Waals surface area contributed by atoms with Crippen molar-refractivity contribution in [2.75, 3.05) is 7.11 Å². The standard InChI is InChI=1S/C17H20FNO3S/c1-12-9-15(18)7-8-17(12)23(20,21)19-13(2)10-14-5-4-6-16(11-14)22-3/h4-9,11,13,19H,10H2,1-3H3. The third-order valence-corrected chi connectivity index (χ3v) is 5.21. The van der Waals surface area contributed by atoms with Crippen LogP contribution in [-0.2, 0) is 16.4 Å². The Bertz CT molecular complexity index is 790. The van der Waals surface area contributed by atoms with Crippen LogP contribution in [0, 0.1) is 12.7 Å². The van der Waals surface area contributed by atoms with E-state index in [1.807, 2.05) is 24.3 Å². The van der Waals surface area contributed by atoms with Gasteiger partial charge < -0.3 is 4.74 Å². The van der Waals surface area contributed by atoms with Gasteiger partial charge in [0.15, 0.2) is 0 Å². The van der Waals surface area contributed by atoms with Gasteiger partial charge in [-0.2, -0.15) is 0 Å². The van der Waals surface area contributed by atoms with Crippen LogP contribution in [0.1, 0.15) is 18.1 Å². The van der Waals surface area contributed by atoms with E-state index in [9.17, 15) is 12.8 Å². The van der Waals surface area contributed by atoms with Crippen LogP contribution in [0.15, 0.2) is 47.4 Å². The summed E-state index contributed by atoms with van der Waals surface area (Å²) in [6.07, 6.45) is 0.524. The molecule has 2 aromatic carbocycles. The molecule has 4 nitrogen and oxygen atoms in total. The Morgan fingerprint density at radius 1 is 1.22 bits per heavy atom. The summed E-state index contributed by atoms with van der Waals surface area (Å²) in [7, 11) is -2.10. The lowest BCUT2D eigenvalue weighted by molar-refractivity contribution is 0.414. The van der Waals surface area contributed by atoms with Crippen molar-refractivity contribution in [3.8, 4) is 5.75 Å². The zero-order valence-corrected chi connectivity index (χ0v) is 14.2. The van der Waals surface area contributed by atoms with Gasteiger partial charge in [-0.05, 0) is 61.7 Å². The third kappa shape index (κ3) is 4.53. The van der Waals surface area contributed by atoms with Crippen LogP contribution in [0.3, 0.4) is 0 Å². The van der Waals surface area contributed by atoms with Crippen LogP contribution in [-0.4, -0.2) is 21.6 Å². The van der Waals surface area contributed by atoms with E-state index in [4.69, 9.17) is 4.74 Å². The molecule has 124 valence electrons. The highest BCUT2D eigenvalue weighted by Gasteiger charge is 2.20. The first kappa shape index (κ1) is 17.4. The summed E-state index contributed by atoms with van der Waals surface area (Å²) < 4.78 is 45.8. The molecule has 0 heterocycles. The molecule has 0 aliphatic heterocycles. The monoisotopic (exact) mass is 337 g/mol. The van der Waals surface area contributed by atoms with E-state index >= 15 is 0 Å². The molecule has 2 rings (SSSR count). The Kier molecular flexibility index (Phi) is 5.38. The molecule has 0 aliphatic carbocycles. The number of hydrogen-bond acceptors (Lipinski definition) is 3. The third-order valence-electron chi connectivity index (χ3n) is 3.46. The Labute approximate surface area is 136 Å². The summed E-state index contributed by atoms with van der Waals surface area (Å²) in [5.74, 6) is 0.276. The first-order chi connectivity index (χ1) is 10.8. The van der Waals surface area contributed by atoms with Crippen molar-refractivity contribution in [3.05, 3.63) is 59.4 Å². The molecule has 0 saturated heterocycles. The number of rotatable bonds is 6.